The molecule has 0 saturated heterocycles. The van der Waals surface area contributed by atoms with Gasteiger partial charge >= 0.3 is 22.3 Å². The molecule has 0 unspecified atom stereocenters. The summed E-state index contributed by atoms with van der Waals surface area (Å²) in [5.41, 5.74) is -0.388. The molecule has 0 spiro atoms. The average Bonchev–Trinajstić information content (AvgIpc) is 2.77. The minimum Gasteiger partial charge on any atom is -0.379 e. The summed E-state index contributed by atoms with van der Waals surface area (Å²) < 4.78 is 82.1. The molecule has 0 aliphatic heterocycles. The van der Waals surface area contributed by atoms with E-state index in [0.717, 1.165) is 36.4 Å². The summed E-state index contributed by atoms with van der Waals surface area (Å²) >= 11 is 0. The minimum absolute atomic E-state index is 0.0158. The predicted molar refractivity (Wildman–Crippen MR) is 122 cm³/mol. The number of nitrogens with zero attached hydrogens (tertiary/aromatic N) is 1. The zero-order valence-corrected chi connectivity index (χ0v) is 19.5. The number of benzene rings is 3. The van der Waals surface area contributed by atoms with Crippen LogP contribution < -0.4 is 9.50 Å². The van der Waals surface area contributed by atoms with Gasteiger partial charge in [0.1, 0.15) is 16.5 Å². The molecule has 2 amide bonds. The van der Waals surface area contributed by atoms with Crippen LogP contribution in [0.3, 0.4) is 0 Å². The molecule has 0 fully saturated rings. The Morgan fingerprint density at radius 2 is 1.66 bits per heavy atom. The molecule has 0 saturated carbocycles. The summed E-state index contributed by atoms with van der Waals surface area (Å²) in [4.78, 5) is 14.0. The van der Waals surface area contributed by atoms with Crippen LogP contribution in [0.15, 0.2) is 77.7 Å². The summed E-state index contributed by atoms with van der Waals surface area (Å²) in [6.07, 6.45) is -4.55. The normalized spacial score (nSPS) is 11.9. The van der Waals surface area contributed by atoms with Crippen LogP contribution >= 0.6 is 0 Å². The Balaban J connectivity index is 1.75. The van der Waals surface area contributed by atoms with Crippen molar-refractivity contribution in [2.45, 2.75) is 37.5 Å². The van der Waals surface area contributed by atoms with Crippen LogP contribution in [0.1, 0.15) is 25.0 Å². The average molecular weight is 511 g/mol. The molecule has 0 aromatic heterocycles. The second-order valence-electron chi connectivity index (χ2n) is 7.87. The van der Waals surface area contributed by atoms with E-state index >= 15 is 0 Å². The first kappa shape index (κ1) is 26.0. The largest absolute Gasteiger partial charge is 0.416 e. The lowest BCUT2D eigenvalue weighted by molar-refractivity contribution is -0.137. The molecule has 0 radical (unpaired) electrons. The SMILES string of the molecule is CC(C)N(Cc1cccc(OS(=O)(=O)c2ccc(F)cc2)c1)C(=O)Nc1cccc(C(F)(F)F)c1. The number of nitrogens with one attached hydrogen (secondary N) is 1. The Bertz CT molecular complexity index is 1290. The lowest BCUT2D eigenvalue weighted by Gasteiger charge is -2.27. The standard InChI is InChI=1S/C24H22F4N2O4S/c1-16(2)30(23(31)29-20-7-4-6-18(14-20)24(26,27)28)15-17-5-3-8-21(13-17)34-35(32,33)22-11-9-19(25)10-12-22/h3-14,16H,15H2,1-2H3,(H,29,31). The van der Waals surface area contributed by atoms with Gasteiger partial charge in [-0.15, -0.1) is 0 Å². The number of urea groups is 1. The van der Waals surface area contributed by atoms with Gasteiger partial charge in [0.2, 0.25) is 0 Å². The van der Waals surface area contributed by atoms with Crippen molar-refractivity contribution in [2.24, 2.45) is 0 Å². The maximum absolute atomic E-state index is 13.1. The Labute approximate surface area is 200 Å². The summed E-state index contributed by atoms with van der Waals surface area (Å²) in [5.74, 6) is -0.614. The Hall–Kier alpha value is -3.60. The molecule has 0 heterocycles. The Morgan fingerprint density at radius 1 is 1.00 bits per heavy atom. The summed E-state index contributed by atoms with van der Waals surface area (Å²) in [6, 6.07) is 13.5. The molecular formula is C24H22F4N2O4S. The number of amides is 2. The first-order valence-electron chi connectivity index (χ1n) is 10.4. The number of carbonyl (C=O) groups is 1. The Morgan fingerprint density at radius 3 is 2.29 bits per heavy atom. The van der Waals surface area contributed by atoms with Gasteiger partial charge in [-0.2, -0.15) is 21.6 Å². The van der Waals surface area contributed by atoms with Crippen LogP contribution in [0.25, 0.3) is 0 Å². The number of alkyl halides is 3. The van der Waals surface area contributed by atoms with E-state index in [0.29, 0.717) is 5.56 Å². The minimum atomic E-state index is -4.55. The van der Waals surface area contributed by atoms with Gasteiger partial charge in [0.25, 0.3) is 0 Å². The van der Waals surface area contributed by atoms with E-state index < -0.39 is 33.7 Å². The third-order valence-corrected chi connectivity index (χ3v) is 6.15. The molecular weight excluding hydrogens is 488 g/mol. The van der Waals surface area contributed by atoms with Gasteiger partial charge in [-0.3, -0.25) is 0 Å². The molecule has 0 aliphatic rings. The highest BCUT2D eigenvalue weighted by molar-refractivity contribution is 7.87. The highest BCUT2D eigenvalue weighted by Gasteiger charge is 2.30. The number of rotatable bonds is 7. The highest BCUT2D eigenvalue weighted by atomic mass is 32.2. The first-order valence-corrected chi connectivity index (χ1v) is 11.8. The van der Waals surface area contributed by atoms with Crippen LogP contribution in [-0.4, -0.2) is 25.4 Å². The zero-order chi connectivity index (χ0) is 25.8. The van der Waals surface area contributed by atoms with Gasteiger partial charge < -0.3 is 14.4 Å². The van der Waals surface area contributed by atoms with Crippen molar-refractivity contribution in [3.05, 3.63) is 89.7 Å². The van der Waals surface area contributed by atoms with Crippen molar-refractivity contribution in [3.8, 4) is 5.75 Å². The number of carbonyl (C=O) groups excluding carboxylic acids is 1. The van der Waals surface area contributed by atoms with E-state index in [1.165, 1.54) is 35.2 Å². The molecule has 35 heavy (non-hydrogen) atoms. The first-order chi connectivity index (χ1) is 16.3. The van der Waals surface area contributed by atoms with Crippen molar-refractivity contribution >= 4 is 21.8 Å². The van der Waals surface area contributed by atoms with Crippen molar-refractivity contribution in [1.82, 2.24) is 4.90 Å². The van der Waals surface area contributed by atoms with Crippen molar-refractivity contribution in [3.63, 3.8) is 0 Å². The quantitative estimate of drug-likeness (QED) is 0.310. The molecule has 0 atom stereocenters. The van der Waals surface area contributed by atoms with E-state index in [4.69, 9.17) is 4.18 Å². The second-order valence-corrected chi connectivity index (χ2v) is 9.42. The second kappa shape index (κ2) is 10.3. The number of anilines is 1. The third-order valence-electron chi connectivity index (χ3n) is 4.88. The van der Waals surface area contributed by atoms with Crippen LogP contribution in [0.2, 0.25) is 0 Å². The molecule has 3 aromatic rings. The van der Waals surface area contributed by atoms with E-state index in [9.17, 15) is 30.8 Å². The molecule has 6 nitrogen and oxygen atoms in total. The highest BCUT2D eigenvalue weighted by Crippen LogP contribution is 2.31. The molecule has 0 bridgehead atoms. The van der Waals surface area contributed by atoms with Crippen LogP contribution in [0.5, 0.6) is 5.75 Å². The number of halogens is 4. The molecule has 186 valence electrons. The van der Waals surface area contributed by atoms with Crippen LogP contribution in [0.4, 0.5) is 28.0 Å². The molecule has 0 aliphatic carbocycles. The zero-order valence-electron chi connectivity index (χ0n) is 18.7. The van der Waals surface area contributed by atoms with Gasteiger partial charge in [-0.05, 0) is 74.0 Å². The maximum atomic E-state index is 13.1. The number of hydrogen-bond acceptors (Lipinski definition) is 4. The third kappa shape index (κ3) is 6.95. The molecule has 1 N–H and O–H groups in total. The monoisotopic (exact) mass is 510 g/mol. The fraction of sp³-hybridized carbons (Fsp3) is 0.208. The van der Waals surface area contributed by atoms with Crippen molar-refractivity contribution in [2.75, 3.05) is 5.32 Å². The topological polar surface area (TPSA) is 75.7 Å². The smallest absolute Gasteiger partial charge is 0.379 e. The predicted octanol–water partition coefficient (Wildman–Crippen LogP) is 6.05. The van der Waals surface area contributed by atoms with Gasteiger partial charge in [0.15, 0.2) is 0 Å². The van der Waals surface area contributed by atoms with Crippen molar-refractivity contribution in [1.29, 1.82) is 0 Å². The summed E-state index contributed by atoms with van der Waals surface area (Å²) in [7, 11) is -4.22. The van der Waals surface area contributed by atoms with Gasteiger partial charge in [0, 0.05) is 18.3 Å². The van der Waals surface area contributed by atoms with Crippen LogP contribution in [-0.2, 0) is 22.8 Å². The molecule has 3 rings (SSSR count). The molecule has 3 aromatic carbocycles. The maximum Gasteiger partial charge on any atom is 0.416 e. The van der Waals surface area contributed by atoms with Gasteiger partial charge in [-0.1, -0.05) is 18.2 Å². The Kier molecular flexibility index (Phi) is 7.69. The van der Waals surface area contributed by atoms with Gasteiger partial charge in [-0.25, -0.2) is 9.18 Å². The lowest BCUT2D eigenvalue weighted by atomic mass is 10.2. The van der Waals surface area contributed by atoms with E-state index in [1.54, 1.807) is 19.9 Å². The van der Waals surface area contributed by atoms with E-state index in [2.05, 4.69) is 5.32 Å². The number of hydrogen-bond donors (Lipinski definition) is 1. The van der Waals surface area contributed by atoms with Crippen molar-refractivity contribution < 1.29 is 35.0 Å². The summed E-state index contributed by atoms with van der Waals surface area (Å²) in [6.45, 7) is 3.48. The fourth-order valence-electron chi connectivity index (χ4n) is 3.13. The fourth-order valence-corrected chi connectivity index (χ4v) is 4.05. The lowest BCUT2D eigenvalue weighted by Crippen LogP contribution is -2.39. The van der Waals surface area contributed by atoms with E-state index in [1.807, 2.05) is 0 Å². The van der Waals surface area contributed by atoms with Gasteiger partial charge in [0.05, 0.1) is 5.56 Å². The molecule has 11 heteroatoms. The summed E-state index contributed by atoms with van der Waals surface area (Å²) in [5, 5.41) is 2.46. The van der Waals surface area contributed by atoms with E-state index in [-0.39, 0.29) is 28.9 Å². The van der Waals surface area contributed by atoms with Crippen LogP contribution in [0, 0.1) is 5.82 Å².